The number of nitrogens with one attached hydrogen (secondary N) is 2. The van der Waals surface area contributed by atoms with Crippen LogP contribution in [0.25, 0.3) is 0 Å². The molecule has 3 fully saturated rings. The fourth-order valence-corrected chi connectivity index (χ4v) is 7.33. The highest BCUT2D eigenvalue weighted by molar-refractivity contribution is 5.82. The van der Waals surface area contributed by atoms with E-state index in [0.29, 0.717) is 49.2 Å². The van der Waals surface area contributed by atoms with Gasteiger partial charge in [-0.15, -0.1) is 0 Å². The highest BCUT2D eigenvalue weighted by Gasteiger charge is 2.53. The molecule has 4 atom stereocenters. The fourth-order valence-electron chi connectivity index (χ4n) is 7.33. The zero-order chi connectivity index (χ0) is 25.8. The number of methoxy groups -OCH3 is 1. The van der Waals surface area contributed by atoms with Gasteiger partial charge < -0.3 is 20.3 Å². The predicted molar refractivity (Wildman–Crippen MR) is 149 cm³/mol. The first-order chi connectivity index (χ1) is 18.1. The molecular weight excluding hydrogens is 460 g/mol. The van der Waals surface area contributed by atoms with Crippen molar-refractivity contribution in [3.63, 3.8) is 0 Å². The van der Waals surface area contributed by atoms with Gasteiger partial charge in [-0.2, -0.15) is 0 Å². The molecule has 1 amide bonds. The second-order valence-electron chi connectivity index (χ2n) is 11.4. The van der Waals surface area contributed by atoms with Crippen LogP contribution in [0.1, 0.15) is 69.8 Å². The SMILES string of the molecule is C=C1C(N=C(CC)OC)=CNCC12CNCC2C(=O)N1CCC(c2ccccc2)CC1C1CCCCC1. The highest BCUT2D eigenvalue weighted by atomic mass is 16.5. The van der Waals surface area contributed by atoms with Gasteiger partial charge in [0.1, 0.15) is 0 Å². The Balaban J connectivity index is 1.40. The molecule has 1 aromatic rings. The van der Waals surface area contributed by atoms with Crippen LogP contribution in [-0.4, -0.2) is 56.0 Å². The van der Waals surface area contributed by atoms with Crippen LogP contribution < -0.4 is 10.6 Å². The summed E-state index contributed by atoms with van der Waals surface area (Å²) in [6, 6.07) is 11.3. The van der Waals surface area contributed by atoms with E-state index >= 15 is 0 Å². The maximum atomic E-state index is 14.5. The monoisotopic (exact) mass is 504 g/mol. The van der Waals surface area contributed by atoms with Crippen molar-refractivity contribution in [1.29, 1.82) is 0 Å². The summed E-state index contributed by atoms with van der Waals surface area (Å²) in [6.07, 6.45) is 11.2. The van der Waals surface area contributed by atoms with Crippen LogP contribution in [0.15, 0.2) is 59.4 Å². The minimum Gasteiger partial charge on any atom is -0.484 e. The molecule has 6 nitrogen and oxygen atoms in total. The van der Waals surface area contributed by atoms with Crippen molar-refractivity contribution < 1.29 is 9.53 Å². The van der Waals surface area contributed by atoms with Crippen LogP contribution in [-0.2, 0) is 9.53 Å². The van der Waals surface area contributed by atoms with Crippen LogP contribution in [0.2, 0.25) is 0 Å². The van der Waals surface area contributed by atoms with Gasteiger partial charge in [0.2, 0.25) is 5.91 Å². The van der Waals surface area contributed by atoms with E-state index in [2.05, 4.69) is 52.4 Å². The van der Waals surface area contributed by atoms with Crippen molar-refractivity contribution in [2.24, 2.45) is 22.2 Å². The maximum absolute atomic E-state index is 14.5. The molecule has 200 valence electrons. The molecule has 0 radical (unpaired) electrons. The predicted octanol–water partition coefficient (Wildman–Crippen LogP) is 5.00. The Morgan fingerprint density at radius 2 is 1.95 bits per heavy atom. The lowest BCUT2D eigenvalue weighted by molar-refractivity contribution is -0.143. The highest BCUT2D eigenvalue weighted by Crippen LogP contribution is 2.46. The summed E-state index contributed by atoms with van der Waals surface area (Å²) in [7, 11) is 1.66. The molecule has 4 aliphatic rings. The average molecular weight is 505 g/mol. The molecule has 37 heavy (non-hydrogen) atoms. The van der Waals surface area contributed by atoms with E-state index < -0.39 is 0 Å². The Morgan fingerprint density at radius 3 is 2.68 bits per heavy atom. The first kappa shape index (κ1) is 26.0. The van der Waals surface area contributed by atoms with Gasteiger partial charge in [-0.1, -0.05) is 63.1 Å². The molecule has 4 unspecified atom stereocenters. The summed E-state index contributed by atoms with van der Waals surface area (Å²) in [5, 5.41) is 7.01. The molecule has 5 rings (SSSR count). The summed E-state index contributed by atoms with van der Waals surface area (Å²) in [4.78, 5) is 21.5. The summed E-state index contributed by atoms with van der Waals surface area (Å²) in [5.74, 6) is 1.99. The standard InChI is InChI=1S/C31H44N4O2/c1-4-29(37-3)34-27-19-33-21-31(22(27)2)20-32-18-26(31)30(36)35-16-15-25(23-11-7-5-8-12-23)17-28(35)24-13-9-6-10-14-24/h5,7-8,11-12,19,24-26,28,32-33H,2,4,6,9-10,13-18,20-21H2,1,3H3. The maximum Gasteiger partial charge on any atom is 0.228 e. The van der Waals surface area contributed by atoms with Crippen LogP contribution in [0.4, 0.5) is 0 Å². The number of carbonyl (C=O) groups excluding carboxylic acids is 1. The number of aliphatic imine (C=N–C) groups is 1. The lowest BCUT2D eigenvalue weighted by atomic mass is 9.68. The van der Waals surface area contributed by atoms with E-state index in [0.717, 1.165) is 37.2 Å². The minimum atomic E-state index is -0.370. The number of allylic oxidation sites excluding steroid dienone is 1. The Labute approximate surface area is 222 Å². The second-order valence-corrected chi connectivity index (χ2v) is 11.4. The van der Waals surface area contributed by atoms with Crippen LogP contribution in [0.3, 0.4) is 0 Å². The molecule has 3 heterocycles. The molecule has 2 N–H and O–H groups in total. The third-order valence-electron chi connectivity index (χ3n) is 9.50. The lowest BCUT2D eigenvalue weighted by Crippen LogP contribution is -2.56. The van der Waals surface area contributed by atoms with Gasteiger partial charge in [-0.3, -0.25) is 4.79 Å². The van der Waals surface area contributed by atoms with Crippen molar-refractivity contribution in [2.75, 3.05) is 33.3 Å². The Morgan fingerprint density at radius 1 is 1.16 bits per heavy atom. The number of hydrogen-bond acceptors (Lipinski definition) is 5. The number of benzene rings is 1. The molecule has 1 aliphatic carbocycles. The van der Waals surface area contributed by atoms with Crippen molar-refractivity contribution in [3.8, 4) is 0 Å². The molecule has 2 saturated heterocycles. The minimum absolute atomic E-state index is 0.140. The molecule has 0 bridgehead atoms. The van der Waals surface area contributed by atoms with E-state index in [1.54, 1.807) is 7.11 Å². The number of hydrogen-bond donors (Lipinski definition) is 2. The average Bonchev–Trinajstić information content (AvgIpc) is 3.38. The van der Waals surface area contributed by atoms with E-state index in [9.17, 15) is 4.79 Å². The molecule has 1 spiro atoms. The number of amides is 1. The Kier molecular flexibility index (Phi) is 8.04. The zero-order valence-corrected chi connectivity index (χ0v) is 22.7. The quantitative estimate of drug-likeness (QED) is 0.437. The van der Waals surface area contributed by atoms with E-state index in [1.165, 1.54) is 37.7 Å². The van der Waals surface area contributed by atoms with Gasteiger partial charge in [0.05, 0.1) is 18.7 Å². The second kappa shape index (κ2) is 11.4. The Hall–Kier alpha value is -2.60. The smallest absolute Gasteiger partial charge is 0.228 e. The van der Waals surface area contributed by atoms with Crippen LogP contribution in [0.5, 0.6) is 0 Å². The summed E-state index contributed by atoms with van der Waals surface area (Å²) >= 11 is 0. The van der Waals surface area contributed by atoms with Crippen molar-refractivity contribution in [3.05, 3.63) is 59.9 Å². The molecule has 1 aromatic carbocycles. The van der Waals surface area contributed by atoms with Crippen LogP contribution >= 0.6 is 0 Å². The largest absolute Gasteiger partial charge is 0.484 e. The number of rotatable bonds is 5. The third kappa shape index (κ3) is 5.09. The normalized spacial score (nSPS) is 31.2. The molecule has 6 heteroatoms. The van der Waals surface area contributed by atoms with Gasteiger partial charge in [0, 0.05) is 50.3 Å². The Bertz CT molecular complexity index is 1020. The van der Waals surface area contributed by atoms with Gasteiger partial charge in [-0.05, 0) is 48.7 Å². The third-order valence-corrected chi connectivity index (χ3v) is 9.50. The lowest BCUT2D eigenvalue weighted by Gasteiger charge is -2.48. The van der Waals surface area contributed by atoms with Gasteiger partial charge in [-0.25, -0.2) is 4.99 Å². The zero-order valence-electron chi connectivity index (χ0n) is 22.7. The first-order valence-electron chi connectivity index (χ1n) is 14.4. The van der Waals surface area contributed by atoms with E-state index in [4.69, 9.17) is 9.73 Å². The number of piperidine rings is 1. The number of nitrogens with zero attached hydrogens (tertiary/aromatic N) is 2. The van der Waals surface area contributed by atoms with Gasteiger partial charge in [0.15, 0.2) is 5.90 Å². The molecule has 1 saturated carbocycles. The van der Waals surface area contributed by atoms with Crippen molar-refractivity contribution in [2.45, 2.75) is 70.3 Å². The van der Waals surface area contributed by atoms with Gasteiger partial charge >= 0.3 is 0 Å². The summed E-state index contributed by atoms with van der Waals surface area (Å²) in [6.45, 7) is 9.53. The molecule has 3 aliphatic heterocycles. The van der Waals surface area contributed by atoms with Gasteiger partial charge in [0.25, 0.3) is 0 Å². The fraction of sp³-hybridized carbons (Fsp3) is 0.613. The number of ether oxygens (including phenoxy) is 1. The number of carbonyl (C=O) groups is 1. The van der Waals surface area contributed by atoms with Crippen molar-refractivity contribution >= 4 is 11.8 Å². The topological polar surface area (TPSA) is 66.0 Å². The van der Waals surface area contributed by atoms with E-state index in [-0.39, 0.29) is 11.3 Å². The first-order valence-corrected chi connectivity index (χ1v) is 14.4. The number of likely N-dealkylation sites (tertiary alicyclic amines) is 1. The van der Waals surface area contributed by atoms with E-state index in [1.807, 2.05) is 13.1 Å². The van der Waals surface area contributed by atoms with Crippen molar-refractivity contribution in [1.82, 2.24) is 15.5 Å². The molecule has 0 aromatic heterocycles. The summed E-state index contributed by atoms with van der Waals surface area (Å²) in [5.41, 5.74) is 2.81. The molecular formula is C31H44N4O2. The summed E-state index contributed by atoms with van der Waals surface area (Å²) < 4.78 is 5.45. The van der Waals surface area contributed by atoms with Crippen LogP contribution in [0, 0.1) is 17.3 Å².